The number of aromatic nitrogens is 2. The summed E-state index contributed by atoms with van der Waals surface area (Å²) in [6.45, 7) is 2.94. The third kappa shape index (κ3) is 3.93. The van der Waals surface area contributed by atoms with E-state index in [0.29, 0.717) is 13.2 Å². The van der Waals surface area contributed by atoms with E-state index in [-0.39, 0.29) is 12.0 Å². The monoisotopic (exact) mass is 345 g/mol. The number of aliphatic imine (C=N–C) groups is 1. The van der Waals surface area contributed by atoms with Crippen molar-refractivity contribution in [2.24, 2.45) is 17.5 Å². The minimum absolute atomic E-state index is 0.00965. The fourth-order valence-electron chi connectivity index (χ4n) is 3.32. The Bertz CT molecular complexity index is 734. The Labute approximate surface area is 148 Å². The molecule has 1 unspecified atom stereocenters. The van der Waals surface area contributed by atoms with Crippen LogP contribution in [-0.2, 0) is 18.3 Å². The Morgan fingerprint density at radius 1 is 1.40 bits per heavy atom. The number of nitrogens with zero attached hydrogens (tertiary/aromatic N) is 3. The van der Waals surface area contributed by atoms with Gasteiger partial charge in [0.15, 0.2) is 5.96 Å². The molecule has 1 aromatic carbocycles. The number of hydrogen-bond acceptors (Lipinski definition) is 4. The molecular formula is C18H27N5O2. The number of aliphatic hydroxyl groups is 1. The number of aryl methyl sites for hydroxylation is 1. The van der Waals surface area contributed by atoms with Crippen molar-refractivity contribution in [2.45, 2.75) is 19.4 Å². The summed E-state index contributed by atoms with van der Waals surface area (Å²) in [7, 11) is 3.78. The fraction of sp³-hybridized carbons (Fsp3) is 0.556. The Morgan fingerprint density at radius 2 is 2.24 bits per heavy atom. The lowest BCUT2D eigenvalue weighted by Gasteiger charge is -2.27. The highest BCUT2D eigenvalue weighted by Crippen LogP contribution is 2.31. The highest BCUT2D eigenvalue weighted by molar-refractivity contribution is 5.80. The van der Waals surface area contributed by atoms with Crippen molar-refractivity contribution >= 4 is 17.0 Å². The van der Waals surface area contributed by atoms with Gasteiger partial charge < -0.3 is 25.0 Å². The maximum absolute atomic E-state index is 9.33. The normalized spacial score (nSPS) is 21.0. The van der Waals surface area contributed by atoms with Crippen molar-refractivity contribution in [3.8, 4) is 0 Å². The second-order valence-corrected chi connectivity index (χ2v) is 6.63. The van der Waals surface area contributed by atoms with E-state index in [1.165, 1.54) is 0 Å². The quantitative estimate of drug-likeness (QED) is 0.538. The van der Waals surface area contributed by atoms with Crippen molar-refractivity contribution < 1.29 is 9.84 Å². The van der Waals surface area contributed by atoms with E-state index >= 15 is 0 Å². The molecule has 3 N–H and O–H groups in total. The van der Waals surface area contributed by atoms with Crippen LogP contribution in [0.5, 0.6) is 0 Å². The molecule has 0 spiro atoms. The molecule has 136 valence electrons. The molecule has 1 saturated heterocycles. The highest BCUT2D eigenvalue weighted by atomic mass is 16.5. The summed E-state index contributed by atoms with van der Waals surface area (Å²) in [5, 5.41) is 16.0. The van der Waals surface area contributed by atoms with Crippen molar-refractivity contribution in [1.82, 2.24) is 20.2 Å². The van der Waals surface area contributed by atoms with Crippen molar-refractivity contribution in [3.63, 3.8) is 0 Å². The largest absolute Gasteiger partial charge is 0.396 e. The summed E-state index contributed by atoms with van der Waals surface area (Å²) in [5.41, 5.74) is 2.10. The van der Waals surface area contributed by atoms with Crippen LogP contribution in [-0.4, -0.2) is 54.0 Å². The molecule has 3 rings (SSSR count). The van der Waals surface area contributed by atoms with Crippen LogP contribution in [0.3, 0.4) is 0 Å². The van der Waals surface area contributed by atoms with Gasteiger partial charge >= 0.3 is 0 Å². The van der Waals surface area contributed by atoms with Crippen LogP contribution in [0, 0.1) is 5.41 Å². The van der Waals surface area contributed by atoms with E-state index in [1.807, 2.05) is 25.2 Å². The molecule has 0 radical (unpaired) electrons. The number of ether oxygens (including phenoxy) is 1. The van der Waals surface area contributed by atoms with E-state index in [4.69, 9.17) is 4.74 Å². The van der Waals surface area contributed by atoms with Gasteiger partial charge in [-0.1, -0.05) is 12.1 Å². The summed E-state index contributed by atoms with van der Waals surface area (Å²) < 4.78 is 7.62. The third-order valence-corrected chi connectivity index (χ3v) is 4.98. The number of rotatable bonds is 6. The van der Waals surface area contributed by atoms with Crippen LogP contribution >= 0.6 is 0 Å². The number of benzene rings is 1. The smallest absolute Gasteiger partial charge is 0.191 e. The van der Waals surface area contributed by atoms with E-state index in [0.717, 1.165) is 48.8 Å². The van der Waals surface area contributed by atoms with Gasteiger partial charge in [-0.15, -0.1) is 0 Å². The molecule has 7 heteroatoms. The first-order chi connectivity index (χ1) is 12.2. The summed E-state index contributed by atoms with van der Waals surface area (Å²) in [4.78, 5) is 8.96. The lowest BCUT2D eigenvalue weighted by atomic mass is 9.84. The summed E-state index contributed by atoms with van der Waals surface area (Å²) >= 11 is 0. The van der Waals surface area contributed by atoms with Crippen molar-refractivity contribution in [2.75, 3.05) is 33.4 Å². The van der Waals surface area contributed by atoms with Crippen LogP contribution in [0.25, 0.3) is 11.0 Å². The standard InChI is InChI=1S/C18H27N5O2/c1-19-17(21-12-18(7-9-24)8-10-25-13-18)20-11-16-22-14-5-3-4-6-15(14)23(16)2/h3-6,24H,7-13H2,1-2H3,(H2,19,20,21). The van der Waals surface area contributed by atoms with Crippen LogP contribution in [0.1, 0.15) is 18.7 Å². The zero-order chi connectivity index (χ0) is 17.7. The molecule has 1 aliphatic heterocycles. The second kappa shape index (κ2) is 7.84. The number of hydrogen-bond donors (Lipinski definition) is 3. The summed E-state index contributed by atoms with van der Waals surface area (Å²) in [5.74, 6) is 1.69. The Morgan fingerprint density at radius 3 is 2.92 bits per heavy atom. The van der Waals surface area contributed by atoms with Gasteiger partial charge in [-0.2, -0.15) is 0 Å². The number of nitrogens with one attached hydrogen (secondary N) is 2. The molecule has 25 heavy (non-hydrogen) atoms. The van der Waals surface area contributed by atoms with Crippen molar-refractivity contribution in [3.05, 3.63) is 30.1 Å². The van der Waals surface area contributed by atoms with Gasteiger partial charge in [-0.25, -0.2) is 4.98 Å². The molecule has 0 aliphatic carbocycles. The molecule has 1 atom stereocenters. The van der Waals surface area contributed by atoms with Crippen LogP contribution in [0.15, 0.2) is 29.3 Å². The minimum Gasteiger partial charge on any atom is -0.396 e. The molecule has 1 fully saturated rings. The first kappa shape index (κ1) is 17.7. The molecule has 0 amide bonds. The fourth-order valence-corrected chi connectivity index (χ4v) is 3.32. The number of guanidine groups is 1. The summed E-state index contributed by atoms with van der Waals surface area (Å²) in [6.07, 6.45) is 1.70. The van der Waals surface area contributed by atoms with Gasteiger partial charge in [-0.05, 0) is 25.0 Å². The number of aliphatic hydroxyl groups excluding tert-OH is 1. The van der Waals surface area contributed by atoms with Crippen molar-refractivity contribution in [1.29, 1.82) is 0 Å². The highest BCUT2D eigenvalue weighted by Gasteiger charge is 2.34. The lowest BCUT2D eigenvalue weighted by Crippen LogP contribution is -2.44. The number of para-hydroxylation sites is 2. The number of imidazole rings is 1. The van der Waals surface area contributed by atoms with E-state index in [9.17, 15) is 5.11 Å². The SMILES string of the molecule is CN=C(NCc1nc2ccccc2n1C)NCC1(CCO)CCOC1. The zero-order valence-electron chi connectivity index (χ0n) is 15.0. The predicted molar refractivity (Wildman–Crippen MR) is 98.5 cm³/mol. The van der Waals surface area contributed by atoms with Crippen LogP contribution in [0.2, 0.25) is 0 Å². The second-order valence-electron chi connectivity index (χ2n) is 6.63. The average molecular weight is 345 g/mol. The molecule has 0 bridgehead atoms. The maximum atomic E-state index is 9.33. The van der Waals surface area contributed by atoms with E-state index in [1.54, 1.807) is 7.05 Å². The topological polar surface area (TPSA) is 83.7 Å². The Kier molecular flexibility index (Phi) is 5.55. The molecule has 2 aromatic rings. The Hall–Kier alpha value is -2.12. The van der Waals surface area contributed by atoms with Gasteiger partial charge in [-0.3, -0.25) is 4.99 Å². The van der Waals surface area contributed by atoms with E-state index < -0.39 is 0 Å². The average Bonchev–Trinajstić information content (AvgIpc) is 3.21. The van der Waals surface area contributed by atoms with Gasteiger partial charge in [0.2, 0.25) is 0 Å². The minimum atomic E-state index is -0.00965. The van der Waals surface area contributed by atoms with Gasteiger partial charge in [0.25, 0.3) is 0 Å². The molecule has 1 aromatic heterocycles. The Balaban J connectivity index is 1.59. The number of fused-ring (bicyclic) bond motifs is 1. The first-order valence-electron chi connectivity index (χ1n) is 8.71. The third-order valence-electron chi connectivity index (χ3n) is 4.98. The van der Waals surface area contributed by atoms with Gasteiger partial charge in [0.05, 0.1) is 24.2 Å². The molecular weight excluding hydrogens is 318 g/mol. The molecule has 7 nitrogen and oxygen atoms in total. The van der Waals surface area contributed by atoms with Crippen LogP contribution in [0.4, 0.5) is 0 Å². The first-order valence-corrected chi connectivity index (χ1v) is 8.71. The van der Waals surface area contributed by atoms with Crippen LogP contribution < -0.4 is 10.6 Å². The van der Waals surface area contributed by atoms with E-state index in [2.05, 4.69) is 31.2 Å². The molecule has 2 heterocycles. The van der Waals surface area contributed by atoms with Gasteiger partial charge in [0.1, 0.15) is 5.82 Å². The maximum Gasteiger partial charge on any atom is 0.191 e. The predicted octanol–water partition coefficient (Wildman–Crippen LogP) is 1.03. The lowest BCUT2D eigenvalue weighted by molar-refractivity contribution is 0.127. The molecule has 1 aliphatic rings. The molecule has 0 saturated carbocycles. The summed E-state index contributed by atoms with van der Waals surface area (Å²) in [6, 6.07) is 8.10. The zero-order valence-corrected chi connectivity index (χ0v) is 15.0. The van der Waals surface area contributed by atoms with Gasteiger partial charge in [0, 0.05) is 39.3 Å².